The molecular formula is C10H16N2O. The van der Waals surface area contributed by atoms with Crippen LogP contribution in [0.4, 0.5) is 11.4 Å². The van der Waals surface area contributed by atoms with Crippen molar-refractivity contribution in [2.45, 2.75) is 12.8 Å². The standard InChI is InChI=1S/C10H16N2O/c1-13-6-2-3-8-4-5-9(11)7-10(8)12/h4-5,7H,2-3,6,11-12H2,1H3. The maximum absolute atomic E-state index is 5.78. The molecule has 4 N–H and O–H groups in total. The molecular weight excluding hydrogens is 164 g/mol. The minimum atomic E-state index is 0.716. The van der Waals surface area contributed by atoms with E-state index < -0.39 is 0 Å². The number of hydrogen-bond acceptors (Lipinski definition) is 3. The van der Waals surface area contributed by atoms with Crippen molar-refractivity contribution in [2.24, 2.45) is 0 Å². The third-order valence-electron chi connectivity index (χ3n) is 1.96. The summed E-state index contributed by atoms with van der Waals surface area (Å²) in [4.78, 5) is 0. The number of aryl methyl sites for hydroxylation is 1. The van der Waals surface area contributed by atoms with Crippen molar-refractivity contribution in [1.29, 1.82) is 0 Å². The molecule has 1 aromatic carbocycles. The SMILES string of the molecule is COCCCc1ccc(N)cc1N. The zero-order valence-corrected chi connectivity index (χ0v) is 7.92. The van der Waals surface area contributed by atoms with E-state index in [2.05, 4.69) is 0 Å². The minimum absolute atomic E-state index is 0.716. The van der Waals surface area contributed by atoms with Crippen molar-refractivity contribution in [1.82, 2.24) is 0 Å². The molecule has 0 fully saturated rings. The number of methoxy groups -OCH3 is 1. The summed E-state index contributed by atoms with van der Waals surface area (Å²) in [6.45, 7) is 0.768. The Morgan fingerprint density at radius 3 is 2.69 bits per heavy atom. The van der Waals surface area contributed by atoms with E-state index in [1.54, 1.807) is 13.2 Å². The van der Waals surface area contributed by atoms with Crippen molar-refractivity contribution in [3.63, 3.8) is 0 Å². The number of hydrogen-bond donors (Lipinski definition) is 2. The first-order valence-electron chi connectivity index (χ1n) is 4.37. The van der Waals surface area contributed by atoms with Crippen molar-refractivity contribution < 1.29 is 4.74 Å². The third kappa shape index (κ3) is 2.95. The van der Waals surface area contributed by atoms with Crippen molar-refractivity contribution in [3.8, 4) is 0 Å². The van der Waals surface area contributed by atoms with Gasteiger partial charge in [-0.1, -0.05) is 6.07 Å². The lowest BCUT2D eigenvalue weighted by atomic mass is 10.1. The minimum Gasteiger partial charge on any atom is -0.399 e. The molecule has 0 atom stereocenters. The van der Waals surface area contributed by atoms with Crippen LogP contribution in [0, 0.1) is 0 Å². The average Bonchev–Trinajstić information content (AvgIpc) is 2.09. The normalized spacial score (nSPS) is 10.2. The molecule has 0 aliphatic rings. The van der Waals surface area contributed by atoms with Gasteiger partial charge in [-0.05, 0) is 30.5 Å². The van der Waals surface area contributed by atoms with Gasteiger partial charge in [0.15, 0.2) is 0 Å². The molecule has 3 nitrogen and oxygen atoms in total. The highest BCUT2D eigenvalue weighted by molar-refractivity contribution is 5.56. The molecule has 0 saturated heterocycles. The molecule has 0 amide bonds. The molecule has 0 radical (unpaired) electrons. The number of rotatable bonds is 4. The average molecular weight is 180 g/mol. The molecule has 1 rings (SSSR count). The summed E-state index contributed by atoms with van der Waals surface area (Å²) >= 11 is 0. The van der Waals surface area contributed by atoms with E-state index in [0.717, 1.165) is 30.7 Å². The van der Waals surface area contributed by atoms with E-state index >= 15 is 0 Å². The van der Waals surface area contributed by atoms with Gasteiger partial charge >= 0.3 is 0 Å². The number of benzene rings is 1. The van der Waals surface area contributed by atoms with Gasteiger partial charge in [0.2, 0.25) is 0 Å². The van der Waals surface area contributed by atoms with Gasteiger partial charge in [0.1, 0.15) is 0 Å². The van der Waals surface area contributed by atoms with Crippen molar-refractivity contribution in [2.75, 3.05) is 25.2 Å². The molecule has 72 valence electrons. The predicted molar refractivity (Wildman–Crippen MR) is 55.5 cm³/mol. The van der Waals surface area contributed by atoms with Gasteiger partial charge < -0.3 is 16.2 Å². The highest BCUT2D eigenvalue weighted by Crippen LogP contribution is 2.16. The second kappa shape index (κ2) is 4.72. The predicted octanol–water partition coefficient (Wildman–Crippen LogP) is 1.43. The van der Waals surface area contributed by atoms with Gasteiger partial charge in [-0.25, -0.2) is 0 Å². The zero-order valence-electron chi connectivity index (χ0n) is 7.92. The van der Waals surface area contributed by atoms with Crippen LogP contribution in [0.1, 0.15) is 12.0 Å². The molecule has 13 heavy (non-hydrogen) atoms. The molecule has 0 heterocycles. The molecule has 0 aliphatic heterocycles. The lowest BCUT2D eigenvalue weighted by Crippen LogP contribution is -1.98. The van der Waals surface area contributed by atoms with E-state index in [9.17, 15) is 0 Å². The molecule has 0 saturated carbocycles. The summed E-state index contributed by atoms with van der Waals surface area (Å²) in [7, 11) is 1.70. The van der Waals surface area contributed by atoms with E-state index in [1.165, 1.54) is 0 Å². The second-order valence-electron chi connectivity index (χ2n) is 3.05. The van der Waals surface area contributed by atoms with Crippen LogP contribution in [-0.2, 0) is 11.2 Å². The highest BCUT2D eigenvalue weighted by atomic mass is 16.5. The summed E-state index contributed by atoms with van der Waals surface area (Å²) in [5.41, 5.74) is 14.0. The Bertz CT molecular complexity index is 274. The molecule has 3 heteroatoms. The summed E-state index contributed by atoms with van der Waals surface area (Å²) in [5.74, 6) is 0. The first kappa shape index (κ1) is 9.86. The number of anilines is 2. The highest BCUT2D eigenvalue weighted by Gasteiger charge is 1.98. The zero-order chi connectivity index (χ0) is 9.68. The summed E-state index contributed by atoms with van der Waals surface area (Å²) in [5, 5.41) is 0. The van der Waals surface area contributed by atoms with Gasteiger partial charge in [0, 0.05) is 25.1 Å². The van der Waals surface area contributed by atoms with Gasteiger partial charge in [-0.15, -0.1) is 0 Å². The number of ether oxygens (including phenoxy) is 1. The number of nitrogens with two attached hydrogens (primary N) is 2. The number of nitrogen functional groups attached to an aromatic ring is 2. The summed E-state index contributed by atoms with van der Waals surface area (Å²) in [6, 6.07) is 5.64. The van der Waals surface area contributed by atoms with Crippen LogP contribution in [-0.4, -0.2) is 13.7 Å². The van der Waals surface area contributed by atoms with Crippen LogP contribution in [0.2, 0.25) is 0 Å². The fourth-order valence-electron chi connectivity index (χ4n) is 1.25. The van der Waals surface area contributed by atoms with Crippen LogP contribution >= 0.6 is 0 Å². The Balaban J connectivity index is 2.56. The van der Waals surface area contributed by atoms with Gasteiger partial charge in [-0.3, -0.25) is 0 Å². The van der Waals surface area contributed by atoms with Crippen LogP contribution in [0.15, 0.2) is 18.2 Å². The third-order valence-corrected chi connectivity index (χ3v) is 1.96. The van der Waals surface area contributed by atoms with Crippen LogP contribution in [0.3, 0.4) is 0 Å². The Morgan fingerprint density at radius 1 is 1.31 bits per heavy atom. The van der Waals surface area contributed by atoms with Crippen LogP contribution in [0.5, 0.6) is 0 Å². The van der Waals surface area contributed by atoms with E-state index in [-0.39, 0.29) is 0 Å². The first-order valence-corrected chi connectivity index (χ1v) is 4.37. The lowest BCUT2D eigenvalue weighted by Gasteiger charge is -2.05. The van der Waals surface area contributed by atoms with Crippen LogP contribution in [0.25, 0.3) is 0 Å². The van der Waals surface area contributed by atoms with Gasteiger partial charge in [0.05, 0.1) is 0 Å². The van der Waals surface area contributed by atoms with Gasteiger partial charge in [-0.2, -0.15) is 0 Å². The van der Waals surface area contributed by atoms with E-state index in [0.29, 0.717) is 5.69 Å². The molecule has 0 aromatic heterocycles. The molecule has 0 unspecified atom stereocenters. The van der Waals surface area contributed by atoms with Gasteiger partial charge in [0.25, 0.3) is 0 Å². The topological polar surface area (TPSA) is 61.3 Å². The van der Waals surface area contributed by atoms with E-state index in [4.69, 9.17) is 16.2 Å². The first-order chi connectivity index (χ1) is 6.24. The summed E-state index contributed by atoms with van der Waals surface area (Å²) < 4.78 is 4.96. The fourth-order valence-corrected chi connectivity index (χ4v) is 1.25. The monoisotopic (exact) mass is 180 g/mol. The summed E-state index contributed by atoms with van der Waals surface area (Å²) in [6.07, 6.45) is 1.94. The maximum Gasteiger partial charge on any atom is 0.0465 e. The Hall–Kier alpha value is -1.22. The Morgan fingerprint density at radius 2 is 2.08 bits per heavy atom. The second-order valence-corrected chi connectivity index (χ2v) is 3.05. The lowest BCUT2D eigenvalue weighted by molar-refractivity contribution is 0.195. The largest absolute Gasteiger partial charge is 0.399 e. The smallest absolute Gasteiger partial charge is 0.0465 e. The quantitative estimate of drug-likeness (QED) is 0.544. The molecule has 0 spiro atoms. The fraction of sp³-hybridized carbons (Fsp3) is 0.400. The van der Waals surface area contributed by atoms with E-state index in [1.807, 2.05) is 12.1 Å². The molecule has 0 bridgehead atoms. The molecule has 1 aromatic rings. The Labute approximate surface area is 78.7 Å². The van der Waals surface area contributed by atoms with Crippen molar-refractivity contribution >= 4 is 11.4 Å². The maximum atomic E-state index is 5.78. The van der Waals surface area contributed by atoms with Crippen LogP contribution < -0.4 is 11.5 Å². The Kier molecular flexibility index (Phi) is 3.58. The van der Waals surface area contributed by atoms with Crippen molar-refractivity contribution in [3.05, 3.63) is 23.8 Å². The molecule has 0 aliphatic carbocycles.